The molecule has 0 unspecified atom stereocenters. The molecule has 0 aliphatic heterocycles. The van der Waals surface area contributed by atoms with Crippen LogP contribution in [-0.2, 0) is 11.4 Å². The summed E-state index contributed by atoms with van der Waals surface area (Å²) in [6.45, 7) is 0.314. The fraction of sp³-hybridized carbons (Fsp3) is 0.0435. The number of nitrogens with zero attached hydrogens (tertiary/aromatic N) is 1. The molecule has 0 spiro atoms. The van der Waals surface area contributed by atoms with Crippen LogP contribution in [0.1, 0.15) is 11.1 Å². The minimum atomic E-state index is -0.603. The van der Waals surface area contributed by atoms with E-state index in [1.807, 2.05) is 24.3 Å². The number of nitrogens with one attached hydrogen (secondary N) is 1. The molecule has 7 heteroatoms. The van der Waals surface area contributed by atoms with Gasteiger partial charge in [0.05, 0.1) is 15.7 Å². The number of nitriles is 1. The van der Waals surface area contributed by atoms with E-state index in [-0.39, 0.29) is 10.6 Å². The molecule has 4 nitrogen and oxygen atoms in total. The molecule has 0 atom stereocenters. The fourth-order valence-electron chi connectivity index (χ4n) is 2.57. The third-order valence-electron chi connectivity index (χ3n) is 4.09. The third kappa shape index (κ3) is 5.55. The van der Waals surface area contributed by atoms with E-state index in [4.69, 9.17) is 39.5 Å². The Bertz CT molecular complexity index is 1140. The van der Waals surface area contributed by atoms with Gasteiger partial charge in [0.2, 0.25) is 0 Å². The van der Waals surface area contributed by atoms with E-state index in [0.29, 0.717) is 33.7 Å². The lowest BCUT2D eigenvalue weighted by Gasteiger charge is -2.10. The second kappa shape index (κ2) is 10.2. The summed E-state index contributed by atoms with van der Waals surface area (Å²) in [5, 5.41) is 13.3. The van der Waals surface area contributed by atoms with Crippen LogP contribution in [0, 0.1) is 11.3 Å². The molecule has 0 aliphatic carbocycles. The van der Waals surface area contributed by atoms with Crippen molar-refractivity contribution in [2.24, 2.45) is 0 Å². The molecule has 0 aromatic heterocycles. The summed E-state index contributed by atoms with van der Waals surface area (Å²) in [5.41, 5.74) is 1.75. The number of hydrogen-bond acceptors (Lipinski definition) is 3. The highest BCUT2D eigenvalue weighted by molar-refractivity contribution is 6.44. The number of anilines is 1. The average Bonchev–Trinajstić information content (AvgIpc) is 2.75. The van der Waals surface area contributed by atoms with Gasteiger partial charge in [-0.1, -0.05) is 71.2 Å². The maximum Gasteiger partial charge on any atom is 0.266 e. The number of halogens is 3. The number of rotatable bonds is 6. The topological polar surface area (TPSA) is 62.1 Å². The van der Waals surface area contributed by atoms with Crippen molar-refractivity contribution in [1.29, 1.82) is 5.26 Å². The van der Waals surface area contributed by atoms with Crippen LogP contribution in [-0.4, -0.2) is 5.91 Å². The molecule has 0 heterocycles. The van der Waals surface area contributed by atoms with Crippen LogP contribution >= 0.6 is 34.8 Å². The molecule has 3 aromatic rings. The molecule has 0 aliphatic rings. The molecular formula is C23H15Cl3N2O2. The highest BCUT2D eigenvalue weighted by Gasteiger charge is 2.14. The highest BCUT2D eigenvalue weighted by Crippen LogP contribution is 2.30. The molecule has 1 amide bonds. The van der Waals surface area contributed by atoms with Gasteiger partial charge in [-0.3, -0.25) is 4.79 Å². The van der Waals surface area contributed by atoms with Crippen LogP contribution in [0.5, 0.6) is 5.75 Å². The van der Waals surface area contributed by atoms with Crippen molar-refractivity contribution in [3.8, 4) is 11.8 Å². The quantitative estimate of drug-likeness (QED) is 0.328. The number of benzene rings is 3. The Balaban J connectivity index is 1.80. The van der Waals surface area contributed by atoms with Gasteiger partial charge in [-0.2, -0.15) is 5.26 Å². The lowest BCUT2D eigenvalue weighted by molar-refractivity contribution is -0.112. The molecule has 3 rings (SSSR count). The first kappa shape index (κ1) is 21.7. The van der Waals surface area contributed by atoms with E-state index in [0.717, 1.165) is 5.56 Å². The SMILES string of the molecule is N#C/C(=C/c1ccccc1OCc1ccc(Cl)cc1)C(=O)Nc1cccc(Cl)c1Cl. The van der Waals surface area contributed by atoms with Gasteiger partial charge in [0.25, 0.3) is 5.91 Å². The van der Waals surface area contributed by atoms with Crippen LogP contribution in [0.15, 0.2) is 72.3 Å². The number of carbonyl (C=O) groups is 1. The van der Waals surface area contributed by atoms with Crippen LogP contribution in [0.3, 0.4) is 0 Å². The third-order valence-corrected chi connectivity index (χ3v) is 5.16. The molecule has 1 N–H and O–H groups in total. The Morgan fingerprint density at radius 1 is 1.00 bits per heavy atom. The van der Waals surface area contributed by atoms with Crippen LogP contribution < -0.4 is 10.1 Å². The van der Waals surface area contributed by atoms with Crippen LogP contribution in [0.25, 0.3) is 6.08 Å². The first-order valence-electron chi connectivity index (χ1n) is 8.81. The maximum atomic E-state index is 12.6. The van der Waals surface area contributed by atoms with Gasteiger partial charge < -0.3 is 10.1 Å². The molecule has 30 heavy (non-hydrogen) atoms. The van der Waals surface area contributed by atoms with Gasteiger partial charge in [0.15, 0.2) is 0 Å². The predicted molar refractivity (Wildman–Crippen MR) is 121 cm³/mol. The zero-order valence-corrected chi connectivity index (χ0v) is 17.8. The van der Waals surface area contributed by atoms with Crippen molar-refractivity contribution in [2.45, 2.75) is 6.61 Å². The summed E-state index contributed by atoms with van der Waals surface area (Å²) in [6, 6.07) is 21.2. The molecule has 0 bridgehead atoms. The van der Waals surface area contributed by atoms with Crippen molar-refractivity contribution < 1.29 is 9.53 Å². The van der Waals surface area contributed by atoms with Gasteiger partial charge >= 0.3 is 0 Å². The Hall–Kier alpha value is -2.97. The number of carbonyl (C=O) groups excluding carboxylic acids is 1. The van der Waals surface area contributed by atoms with E-state index in [1.54, 1.807) is 48.5 Å². The summed E-state index contributed by atoms with van der Waals surface area (Å²) >= 11 is 18.0. The number of para-hydroxylation sites is 1. The Morgan fingerprint density at radius 2 is 1.73 bits per heavy atom. The monoisotopic (exact) mass is 456 g/mol. The fourth-order valence-corrected chi connectivity index (χ4v) is 3.04. The zero-order chi connectivity index (χ0) is 21.5. The molecule has 150 valence electrons. The summed E-state index contributed by atoms with van der Waals surface area (Å²) in [5.74, 6) is -0.0667. The minimum Gasteiger partial charge on any atom is -0.488 e. The number of hydrogen-bond donors (Lipinski definition) is 1. The van der Waals surface area contributed by atoms with E-state index >= 15 is 0 Å². The first-order chi connectivity index (χ1) is 14.5. The second-order valence-electron chi connectivity index (χ2n) is 6.18. The van der Waals surface area contributed by atoms with E-state index in [2.05, 4.69) is 5.32 Å². The Kier molecular flexibility index (Phi) is 7.37. The van der Waals surface area contributed by atoms with Gasteiger partial charge in [-0.25, -0.2) is 0 Å². The van der Waals surface area contributed by atoms with Gasteiger partial charge in [-0.05, 0) is 42.0 Å². The van der Waals surface area contributed by atoms with Crippen molar-refractivity contribution in [1.82, 2.24) is 0 Å². The van der Waals surface area contributed by atoms with Gasteiger partial charge in [0.1, 0.15) is 24.0 Å². The smallest absolute Gasteiger partial charge is 0.266 e. The summed E-state index contributed by atoms with van der Waals surface area (Å²) in [4.78, 5) is 12.6. The molecule has 3 aromatic carbocycles. The average molecular weight is 458 g/mol. The largest absolute Gasteiger partial charge is 0.488 e. The van der Waals surface area contributed by atoms with E-state index < -0.39 is 5.91 Å². The summed E-state index contributed by atoms with van der Waals surface area (Å²) in [7, 11) is 0. The maximum absolute atomic E-state index is 12.6. The van der Waals surface area contributed by atoms with Crippen LogP contribution in [0.4, 0.5) is 5.69 Å². The predicted octanol–water partition coefficient (Wildman–Crippen LogP) is 6.77. The molecule has 0 radical (unpaired) electrons. The van der Waals surface area contributed by atoms with Crippen molar-refractivity contribution in [3.05, 3.63) is 98.5 Å². The number of ether oxygens (including phenoxy) is 1. The standard InChI is InChI=1S/C23H15Cl3N2O2/c24-18-10-8-15(9-11-18)14-30-21-7-2-1-4-16(21)12-17(13-27)23(29)28-20-6-3-5-19(25)22(20)26/h1-12H,14H2,(H,28,29)/b17-12-. The summed E-state index contributed by atoms with van der Waals surface area (Å²) < 4.78 is 5.87. The molecule has 0 saturated heterocycles. The van der Waals surface area contributed by atoms with Gasteiger partial charge in [0, 0.05) is 10.6 Å². The van der Waals surface area contributed by atoms with Crippen molar-refractivity contribution in [2.75, 3.05) is 5.32 Å². The lowest BCUT2D eigenvalue weighted by atomic mass is 10.1. The van der Waals surface area contributed by atoms with Crippen molar-refractivity contribution in [3.63, 3.8) is 0 Å². The second-order valence-corrected chi connectivity index (χ2v) is 7.40. The summed E-state index contributed by atoms with van der Waals surface area (Å²) in [6.07, 6.45) is 1.46. The number of amides is 1. The van der Waals surface area contributed by atoms with Crippen LogP contribution in [0.2, 0.25) is 15.1 Å². The highest BCUT2D eigenvalue weighted by atomic mass is 35.5. The van der Waals surface area contributed by atoms with E-state index in [1.165, 1.54) is 6.08 Å². The minimum absolute atomic E-state index is 0.103. The first-order valence-corrected chi connectivity index (χ1v) is 9.95. The normalized spacial score (nSPS) is 10.9. The lowest BCUT2D eigenvalue weighted by Crippen LogP contribution is -2.13. The Labute approximate surface area is 189 Å². The zero-order valence-electron chi connectivity index (χ0n) is 15.5. The van der Waals surface area contributed by atoms with E-state index in [9.17, 15) is 10.1 Å². The molecule has 0 fully saturated rings. The van der Waals surface area contributed by atoms with Crippen molar-refractivity contribution >= 4 is 52.5 Å². The van der Waals surface area contributed by atoms with Gasteiger partial charge in [-0.15, -0.1) is 0 Å². The Morgan fingerprint density at radius 3 is 2.47 bits per heavy atom. The molecule has 0 saturated carbocycles. The molecular weight excluding hydrogens is 443 g/mol.